The molecule has 2 aromatic carbocycles. The van der Waals surface area contributed by atoms with Crippen molar-refractivity contribution < 1.29 is 18.3 Å². The molecular weight excluding hydrogens is 432 g/mol. The van der Waals surface area contributed by atoms with Gasteiger partial charge in [-0.15, -0.1) is 11.3 Å². The minimum Gasteiger partial charge on any atom is -0.388 e. The highest BCUT2D eigenvalue weighted by atomic mass is 32.2. The monoisotopic (exact) mass is 456 g/mol. The van der Waals surface area contributed by atoms with Gasteiger partial charge in [-0.25, -0.2) is 8.42 Å². The second kappa shape index (κ2) is 8.55. The van der Waals surface area contributed by atoms with Gasteiger partial charge in [-0.05, 0) is 49.1 Å². The zero-order chi connectivity index (χ0) is 22.1. The highest BCUT2D eigenvalue weighted by Gasteiger charge is 2.50. The number of sulfonamides is 1. The fourth-order valence-corrected chi connectivity index (χ4v) is 6.53. The molecule has 162 valence electrons. The van der Waals surface area contributed by atoms with Crippen LogP contribution in [0, 0.1) is 0 Å². The Morgan fingerprint density at radius 1 is 1.06 bits per heavy atom. The van der Waals surface area contributed by atoms with E-state index in [1.807, 2.05) is 23.6 Å². The van der Waals surface area contributed by atoms with E-state index in [4.69, 9.17) is 0 Å². The molecule has 3 aromatic rings. The predicted octanol–water partition coefficient (Wildman–Crippen LogP) is 3.43. The van der Waals surface area contributed by atoms with Crippen molar-refractivity contribution in [2.24, 2.45) is 0 Å². The summed E-state index contributed by atoms with van der Waals surface area (Å²) in [7, 11) is -3.84. The molecule has 1 saturated heterocycles. The van der Waals surface area contributed by atoms with Gasteiger partial charge in [0.05, 0.1) is 22.6 Å². The summed E-state index contributed by atoms with van der Waals surface area (Å²) in [5.74, 6) is -0.355. The molecule has 0 bridgehead atoms. The summed E-state index contributed by atoms with van der Waals surface area (Å²) in [6.07, 6.45) is 0.195. The normalized spacial score (nSPS) is 24.6. The van der Waals surface area contributed by atoms with E-state index in [0.717, 1.165) is 4.88 Å². The van der Waals surface area contributed by atoms with Crippen molar-refractivity contribution in [2.45, 2.75) is 35.9 Å². The zero-order valence-corrected chi connectivity index (χ0v) is 18.6. The Morgan fingerprint density at radius 3 is 2.32 bits per heavy atom. The maximum atomic E-state index is 13.5. The van der Waals surface area contributed by atoms with Crippen LogP contribution in [-0.2, 0) is 10.0 Å². The molecule has 1 amide bonds. The van der Waals surface area contributed by atoms with Gasteiger partial charge in [0.15, 0.2) is 0 Å². The van der Waals surface area contributed by atoms with Gasteiger partial charge < -0.3 is 10.4 Å². The third-order valence-corrected chi connectivity index (χ3v) is 8.48. The molecule has 0 saturated carbocycles. The lowest BCUT2D eigenvalue weighted by atomic mass is 9.83. The van der Waals surface area contributed by atoms with Crippen molar-refractivity contribution in [2.75, 3.05) is 6.54 Å². The fraction of sp³-hybridized carbons (Fsp3) is 0.261. The van der Waals surface area contributed by atoms with Gasteiger partial charge in [0, 0.05) is 17.0 Å². The van der Waals surface area contributed by atoms with Crippen molar-refractivity contribution in [3.8, 4) is 0 Å². The molecule has 6 nitrogen and oxygen atoms in total. The molecule has 1 aliphatic rings. The number of thiophene rings is 1. The largest absolute Gasteiger partial charge is 0.388 e. The number of carbonyl (C=O) groups is 1. The second-order valence-corrected chi connectivity index (χ2v) is 10.7. The van der Waals surface area contributed by atoms with Crippen molar-refractivity contribution in [1.29, 1.82) is 0 Å². The molecule has 1 aliphatic heterocycles. The molecule has 2 heterocycles. The Bertz CT molecular complexity index is 1130. The van der Waals surface area contributed by atoms with Gasteiger partial charge in [-0.2, -0.15) is 4.31 Å². The predicted molar refractivity (Wildman–Crippen MR) is 120 cm³/mol. The number of piperidine rings is 1. The van der Waals surface area contributed by atoms with Crippen LogP contribution < -0.4 is 5.32 Å². The van der Waals surface area contributed by atoms with E-state index >= 15 is 0 Å². The summed E-state index contributed by atoms with van der Waals surface area (Å²) in [4.78, 5) is 13.9. The maximum Gasteiger partial charge on any atom is 0.251 e. The van der Waals surface area contributed by atoms with E-state index in [1.165, 1.54) is 15.6 Å². The molecule has 8 heteroatoms. The Morgan fingerprint density at radius 2 is 1.71 bits per heavy atom. The molecular formula is C23H24N2O4S2. The van der Waals surface area contributed by atoms with Gasteiger partial charge in [0.2, 0.25) is 10.0 Å². The van der Waals surface area contributed by atoms with Gasteiger partial charge in [-0.3, -0.25) is 4.79 Å². The quantitative estimate of drug-likeness (QED) is 0.616. The number of carbonyl (C=O) groups excluding carboxylic acids is 1. The Balaban J connectivity index is 1.77. The number of nitrogens with zero attached hydrogens (tertiary/aromatic N) is 1. The number of hydrogen-bond donors (Lipinski definition) is 2. The van der Waals surface area contributed by atoms with E-state index in [1.54, 1.807) is 61.5 Å². The minimum absolute atomic E-state index is 0.143. The molecule has 2 N–H and O–H groups in total. The summed E-state index contributed by atoms with van der Waals surface area (Å²) in [6, 6.07) is 19.1. The SMILES string of the molecule is C[C@@]1(O)CCN(S(=O)(=O)c2ccccc2)[C@@H](c2cccs2)[C@@H]1NC(=O)c1ccccc1. The molecule has 0 aliphatic carbocycles. The summed E-state index contributed by atoms with van der Waals surface area (Å²) < 4.78 is 28.5. The van der Waals surface area contributed by atoms with E-state index in [9.17, 15) is 18.3 Å². The average Bonchev–Trinajstić information content (AvgIpc) is 3.30. The minimum atomic E-state index is -3.84. The molecule has 1 fully saturated rings. The van der Waals surface area contributed by atoms with Crippen LogP contribution in [0.4, 0.5) is 0 Å². The lowest BCUT2D eigenvalue weighted by Crippen LogP contribution is -2.63. The molecule has 4 rings (SSSR count). The standard InChI is InChI=1S/C23H24N2O4S2/c1-23(27)14-15-25(31(28,29)18-11-6-3-7-12-18)20(19-13-8-16-30-19)21(23)24-22(26)17-9-4-2-5-10-17/h2-13,16,20-21,27H,14-15H2,1H3,(H,24,26)/t20-,21-,23+/m0/s1. The average molecular weight is 457 g/mol. The first kappa shape index (κ1) is 21.7. The van der Waals surface area contributed by atoms with E-state index in [0.29, 0.717) is 5.56 Å². The maximum absolute atomic E-state index is 13.5. The number of benzene rings is 2. The van der Waals surface area contributed by atoms with Gasteiger partial charge in [0.25, 0.3) is 5.91 Å². The Labute approximate surface area is 186 Å². The number of amides is 1. The van der Waals surface area contributed by atoms with Crippen LogP contribution in [-0.4, -0.2) is 41.9 Å². The van der Waals surface area contributed by atoms with Crippen LogP contribution in [0.25, 0.3) is 0 Å². The lowest BCUT2D eigenvalue weighted by Gasteiger charge is -2.47. The summed E-state index contributed by atoms with van der Waals surface area (Å²) in [6.45, 7) is 1.79. The van der Waals surface area contributed by atoms with E-state index in [-0.39, 0.29) is 23.8 Å². The number of nitrogens with one attached hydrogen (secondary N) is 1. The van der Waals surface area contributed by atoms with Gasteiger partial charge in [-0.1, -0.05) is 42.5 Å². The van der Waals surface area contributed by atoms with Crippen molar-refractivity contribution in [3.63, 3.8) is 0 Å². The molecule has 0 radical (unpaired) electrons. The second-order valence-electron chi connectivity index (χ2n) is 7.81. The summed E-state index contributed by atoms with van der Waals surface area (Å²) in [5, 5.41) is 16.0. The Hall–Kier alpha value is -2.52. The van der Waals surface area contributed by atoms with Crippen molar-refractivity contribution >= 4 is 27.3 Å². The van der Waals surface area contributed by atoms with Crippen LogP contribution in [0.15, 0.2) is 83.1 Å². The van der Waals surface area contributed by atoms with Crippen LogP contribution in [0.3, 0.4) is 0 Å². The van der Waals surface area contributed by atoms with Crippen LogP contribution >= 0.6 is 11.3 Å². The van der Waals surface area contributed by atoms with Crippen LogP contribution in [0.1, 0.15) is 34.6 Å². The summed E-state index contributed by atoms with van der Waals surface area (Å²) >= 11 is 1.40. The molecule has 1 aromatic heterocycles. The first-order chi connectivity index (χ1) is 14.8. The van der Waals surface area contributed by atoms with Crippen molar-refractivity contribution in [3.05, 3.63) is 88.6 Å². The van der Waals surface area contributed by atoms with Crippen LogP contribution in [0.5, 0.6) is 0 Å². The highest BCUT2D eigenvalue weighted by molar-refractivity contribution is 7.89. The van der Waals surface area contributed by atoms with Crippen LogP contribution in [0.2, 0.25) is 0 Å². The van der Waals surface area contributed by atoms with Gasteiger partial charge in [0.1, 0.15) is 0 Å². The van der Waals surface area contributed by atoms with Crippen molar-refractivity contribution in [1.82, 2.24) is 9.62 Å². The molecule has 3 atom stereocenters. The van der Waals surface area contributed by atoms with Gasteiger partial charge >= 0.3 is 0 Å². The molecule has 0 unspecified atom stereocenters. The fourth-order valence-electron chi connectivity index (χ4n) is 3.95. The summed E-state index contributed by atoms with van der Waals surface area (Å²) in [5.41, 5.74) is -0.840. The third kappa shape index (κ3) is 4.29. The lowest BCUT2D eigenvalue weighted by molar-refractivity contribution is -0.0411. The first-order valence-electron chi connectivity index (χ1n) is 9.99. The first-order valence-corrected chi connectivity index (χ1v) is 12.3. The number of hydrogen-bond acceptors (Lipinski definition) is 5. The van der Waals surface area contributed by atoms with E-state index < -0.39 is 27.7 Å². The topological polar surface area (TPSA) is 86.7 Å². The molecule has 31 heavy (non-hydrogen) atoms. The number of aliphatic hydroxyl groups is 1. The van der Waals surface area contributed by atoms with E-state index in [2.05, 4.69) is 5.32 Å². The zero-order valence-electron chi connectivity index (χ0n) is 17.0. The number of rotatable bonds is 5. The highest BCUT2D eigenvalue weighted by Crippen LogP contribution is 2.41. The molecule has 0 spiro atoms. The third-order valence-electron chi connectivity index (χ3n) is 5.64. The smallest absolute Gasteiger partial charge is 0.251 e. The Kier molecular flexibility index (Phi) is 5.98.